The number of hydrogen-bond acceptors (Lipinski definition) is 2. The minimum absolute atomic E-state index is 0.163. The third-order valence-electron chi connectivity index (χ3n) is 1.70. The van der Waals surface area contributed by atoms with Gasteiger partial charge in [-0.3, -0.25) is 4.79 Å². The van der Waals surface area contributed by atoms with Gasteiger partial charge in [0, 0.05) is 18.2 Å². The summed E-state index contributed by atoms with van der Waals surface area (Å²) < 4.78 is 0.928. The number of Topliss-reactive ketones (excluding diaryl/α,β-unsaturated/α-hetero) is 1. The Bertz CT molecular complexity index is 309. The molecular formula is C9H10INO. The molecule has 1 heterocycles. The molecule has 12 heavy (non-hydrogen) atoms. The molecule has 0 amide bonds. The normalized spacial score (nSPS) is 9.92. The van der Waals surface area contributed by atoms with Crippen LogP contribution in [-0.2, 0) is 0 Å². The molecule has 0 saturated heterocycles. The van der Waals surface area contributed by atoms with Crippen LogP contribution < -0.4 is 0 Å². The molecule has 0 atom stereocenters. The molecule has 64 valence electrons. The lowest BCUT2D eigenvalue weighted by Crippen LogP contribution is -2.01. The topological polar surface area (TPSA) is 30.0 Å². The summed E-state index contributed by atoms with van der Waals surface area (Å²) in [6.45, 7) is 3.80. The van der Waals surface area contributed by atoms with Crippen LogP contribution in [0.2, 0.25) is 0 Å². The average molecular weight is 275 g/mol. The third kappa shape index (κ3) is 2.03. The van der Waals surface area contributed by atoms with Gasteiger partial charge in [0.25, 0.3) is 0 Å². The van der Waals surface area contributed by atoms with Crippen LogP contribution in [0.5, 0.6) is 0 Å². The van der Waals surface area contributed by atoms with Crippen LogP contribution in [0.25, 0.3) is 0 Å². The number of aryl methyl sites for hydroxylation is 1. The predicted octanol–water partition coefficient (Wildman–Crippen LogP) is 2.59. The van der Waals surface area contributed by atoms with E-state index in [0.29, 0.717) is 6.42 Å². The molecule has 0 fully saturated rings. The Balaban J connectivity index is 3.09. The Morgan fingerprint density at radius 2 is 2.33 bits per heavy atom. The van der Waals surface area contributed by atoms with Crippen LogP contribution in [0.1, 0.15) is 29.3 Å². The zero-order valence-corrected chi connectivity index (χ0v) is 9.25. The molecule has 3 heteroatoms. The van der Waals surface area contributed by atoms with Crippen molar-refractivity contribution >= 4 is 28.4 Å². The highest BCUT2D eigenvalue weighted by Crippen LogP contribution is 2.11. The van der Waals surface area contributed by atoms with Crippen molar-refractivity contribution < 1.29 is 4.79 Å². The first-order chi connectivity index (χ1) is 5.65. The van der Waals surface area contributed by atoms with E-state index in [4.69, 9.17) is 0 Å². The lowest BCUT2D eigenvalue weighted by Gasteiger charge is -2.01. The molecule has 0 radical (unpaired) electrons. The number of hydrogen-bond donors (Lipinski definition) is 0. The van der Waals surface area contributed by atoms with Crippen LogP contribution >= 0.6 is 22.6 Å². The average Bonchev–Trinajstić information content (AvgIpc) is 2.03. The Morgan fingerprint density at radius 3 is 2.83 bits per heavy atom. The van der Waals surface area contributed by atoms with Crippen LogP contribution in [-0.4, -0.2) is 10.8 Å². The van der Waals surface area contributed by atoms with Gasteiger partial charge in [0.05, 0.1) is 0 Å². The highest BCUT2D eigenvalue weighted by molar-refractivity contribution is 14.1. The lowest BCUT2D eigenvalue weighted by molar-refractivity contribution is 0.0987. The highest BCUT2D eigenvalue weighted by Gasteiger charge is 2.06. The van der Waals surface area contributed by atoms with Gasteiger partial charge in [-0.05, 0) is 41.1 Å². The summed E-state index contributed by atoms with van der Waals surface area (Å²) in [5, 5.41) is 0. The number of aromatic nitrogens is 1. The van der Waals surface area contributed by atoms with Gasteiger partial charge < -0.3 is 0 Å². The fourth-order valence-corrected chi connectivity index (χ4v) is 1.61. The highest BCUT2D eigenvalue weighted by atomic mass is 127. The number of nitrogens with zero attached hydrogens (tertiary/aromatic N) is 1. The SMILES string of the molecule is CCC(=O)c1cnc(I)cc1C. The summed E-state index contributed by atoms with van der Waals surface area (Å²) >= 11 is 2.14. The third-order valence-corrected chi connectivity index (χ3v) is 2.29. The first-order valence-electron chi connectivity index (χ1n) is 3.80. The lowest BCUT2D eigenvalue weighted by atomic mass is 10.1. The minimum atomic E-state index is 0.163. The van der Waals surface area contributed by atoms with E-state index in [1.54, 1.807) is 6.20 Å². The predicted molar refractivity (Wildman–Crippen MR) is 56.3 cm³/mol. The van der Waals surface area contributed by atoms with Crippen molar-refractivity contribution in [1.29, 1.82) is 0 Å². The largest absolute Gasteiger partial charge is 0.294 e. The number of carbonyl (C=O) groups excluding carboxylic acids is 1. The van der Waals surface area contributed by atoms with E-state index < -0.39 is 0 Å². The maximum Gasteiger partial charge on any atom is 0.164 e. The standard InChI is InChI=1S/C9H10INO/c1-3-8(12)7-5-11-9(10)4-6(7)2/h4-5H,3H2,1-2H3. The zero-order chi connectivity index (χ0) is 9.14. The van der Waals surface area contributed by atoms with Crippen LogP contribution in [0.3, 0.4) is 0 Å². The Labute approximate surface area is 85.5 Å². The van der Waals surface area contributed by atoms with Crippen molar-refractivity contribution in [3.63, 3.8) is 0 Å². The van der Waals surface area contributed by atoms with E-state index in [1.165, 1.54) is 0 Å². The minimum Gasteiger partial charge on any atom is -0.294 e. The maximum atomic E-state index is 11.3. The fraction of sp³-hybridized carbons (Fsp3) is 0.333. The fourth-order valence-electron chi connectivity index (χ4n) is 1.00. The summed E-state index contributed by atoms with van der Waals surface area (Å²) in [6.07, 6.45) is 2.20. The summed E-state index contributed by atoms with van der Waals surface area (Å²) in [5.74, 6) is 0.163. The molecule has 0 aliphatic heterocycles. The maximum absolute atomic E-state index is 11.3. The van der Waals surface area contributed by atoms with E-state index in [9.17, 15) is 4.79 Å². The van der Waals surface area contributed by atoms with Gasteiger partial charge in [-0.2, -0.15) is 0 Å². The number of halogens is 1. The molecule has 0 spiro atoms. The van der Waals surface area contributed by atoms with E-state index in [-0.39, 0.29) is 5.78 Å². The van der Waals surface area contributed by atoms with Crippen molar-refractivity contribution in [1.82, 2.24) is 4.98 Å². The van der Waals surface area contributed by atoms with Crippen LogP contribution in [0.15, 0.2) is 12.3 Å². The van der Waals surface area contributed by atoms with Gasteiger partial charge in [-0.15, -0.1) is 0 Å². The molecule has 1 aromatic heterocycles. The van der Waals surface area contributed by atoms with Crippen molar-refractivity contribution in [2.45, 2.75) is 20.3 Å². The van der Waals surface area contributed by atoms with Crippen LogP contribution in [0, 0.1) is 10.6 Å². The zero-order valence-electron chi connectivity index (χ0n) is 7.10. The van der Waals surface area contributed by atoms with Gasteiger partial charge in [0.1, 0.15) is 3.70 Å². The molecule has 1 rings (SSSR count). The quantitative estimate of drug-likeness (QED) is 0.471. The Kier molecular flexibility index (Phi) is 3.20. The van der Waals surface area contributed by atoms with E-state index >= 15 is 0 Å². The molecule has 0 unspecified atom stereocenters. The molecule has 2 nitrogen and oxygen atoms in total. The first-order valence-corrected chi connectivity index (χ1v) is 4.88. The van der Waals surface area contributed by atoms with E-state index in [0.717, 1.165) is 14.8 Å². The summed E-state index contributed by atoms with van der Waals surface area (Å²) in [7, 11) is 0. The Hall–Kier alpha value is -0.450. The van der Waals surface area contributed by atoms with Crippen molar-refractivity contribution in [3.05, 3.63) is 27.1 Å². The van der Waals surface area contributed by atoms with Gasteiger partial charge in [-0.25, -0.2) is 4.98 Å². The second kappa shape index (κ2) is 3.98. The molecular weight excluding hydrogens is 265 g/mol. The summed E-state index contributed by atoms with van der Waals surface area (Å²) in [5.41, 5.74) is 1.76. The molecule has 0 aliphatic rings. The van der Waals surface area contributed by atoms with Crippen LogP contribution in [0.4, 0.5) is 0 Å². The van der Waals surface area contributed by atoms with Gasteiger partial charge in [0.15, 0.2) is 5.78 Å². The second-order valence-electron chi connectivity index (χ2n) is 2.60. The molecule has 0 saturated carbocycles. The first kappa shape index (κ1) is 9.64. The van der Waals surface area contributed by atoms with Crippen molar-refractivity contribution in [2.24, 2.45) is 0 Å². The smallest absolute Gasteiger partial charge is 0.164 e. The number of ketones is 1. The summed E-state index contributed by atoms with van der Waals surface area (Å²) in [6, 6.07) is 1.92. The molecule has 0 bridgehead atoms. The Morgan fingerprint density at radius 1 is 1.67 bits per heavy atom. The number of pyridine rings is 1. The number of rotatable bonds is 2. The van der Waals surface area contributed by atoms with Gasteiger partial charge >= 0.3 is 0 Å². The second-order valence-corrected chi connectivity index (χ2v) is 3.70. The molecule has 0 N–H and O–H groups in total. The monoisotopic (exact) mass is 275 g/mol. The molecule has 0 aliphatic carbocycles. The number of carbonyl (C=O) groups is 1. The van der Waals surface area contributed by atoms with Crippen molar-refractivity contribution in [3.8, 4) is 0 Å². The van der Waals surface area contributed by atoms with Crippen molar-refractivity contribution in [2.75, 3.05) is 0 Å². The van der Waals surface area contributed by atoms with Gasteiger partial charge in [0.2, 0.25) is 0 Å². The molecule has 1 aromatic rings. The van der Waals surface area contributed by atoms with E-state index in [1.807, 2.05) is 19.9 Å². The summed E-state index contributed by atoms with van der Waals surface area (Å²) in [4.78, 5) is 15.4. The van der Waals surface area contributed by atoms with Gasteiger partial charge in [-0.1, -0.05) is 6.92 Å². The molecule has 0 aromatic carbocycles. The van der Waals surface area contributed by atoms with E-state index in [2.05, 4.69) is 27.6 Å².